The van der Waals surface area contributed by atoms with Crippen LogP contribution in [0.1, 0.15) is 30.9 Å². The lowest BCUT2D eigenvalue weighted by Gasteiger charge is -2.16. The molecule has 0 fully saturated rings. The zero-order valence-electron chi connectivity index (χ0n) is 9.12. The first-order chi connectivity index (χ1) is 7.22. The van der Waals surface area contributed by atoms with Crippen LogP contribution in [0.3, 0.4) is 0 Å². The normalized spacial score (nSPS) is 14.7. The summed E-state index contributed by atoms with van der Waals surface area (Å²) in [5.74, 6) is 0. The van der Waals surface area contributed by atoms with Crippen LogP contribution < -0.4 is 5.73 Å². The quantitative estimate of drug-likeness (QED) is 0.595. The van der Waals surface area contributed by atoms with E-state index in [0.717, 1.165) is 23.3 Å². The van der Waals surface area contributed by atoms with Gasteiger partial charge in [0.25, 0.3) is 5.69 Å². The maximum absolute atomic E-state index is 11.5. The molecule has 1 aliphatic rings. The van der Waals surface area contributed by atoms with Crippen LogP contribution in [0.15, 0.2) is 12.1 Å². The molecule has 0 bridgehead atoms. The van der Waals surface area contributed by atoms with Crippen LogP contribution in [0.4, 0.5) is 11.4 Å². The first-order valence-electron chi connectivity index (χ1n) is 5.58. The molecule has 0 heterocycles. The topological polar surface area (TPSA) is 46.1 Å². The highest BCUT2D eigenvalue weighted by Crippen LogP contribution is 2.30. The number of rotatable bonds is 2. The lowest BCUT2D eigenvalue weighted by atomic mass is 9.90. The van der Waals surface area contributed by atoms with E-state index in [-0.39, 0.29) is 0 Å². The average Bonchev–Trinajstić information content (AvgIpc) is 2.28. The molecule has 0 aromatic heterocycles. The van der Waals surface area contributed by atoms with Crippen molar-refractivity contribution in [1.29, 1.82) is 0 Å². The van der Waals surface area contributed by atoms with E-state index in [1.807, 2.05) is 13.0 Å². The van der Waals surface area contributed by atoms with Gasteiger partial charge in [0.05, 0.1) is 0 Å². The van der Waals surface area contributed by atoms with Gasteiger partial charge in [0.1, 0.15) is 0 Å². The minimum atomic E-state index is 0.470. The molecule has 1 aliphatic carbocycles. The number of hydrogen-bond acceptors (Lipinski definition) is 2. The molecule has 0 amide bonds. The Labute approximate surface area is 89.9 Å². The van der Waals surface area contributed by atoms with Crippen molar-refractivity contribution in [2.24, 2.45) is 0 Å². The molecule has 0 saturated carbocycles. The Balaban J connectivity index is 2.45. The van der Waals surface area contributed by atoms with Gasteiger partial charge < -0.3 is 5.73 Å². The SMILES string of the molecule is CC[N+](=O)c1cc(N)c2c(c1)CCCC2. The molecule has 0 aliphatic heterocycles. The highest BCUT2D eigenvalue weighted by atomic mass is 16.3. The molecule has 0 spiro atoms. The number of fused-ring (bicyclic) bond motifs is 1. The molecule has 3 heteroatoms. The summed E-state index contributed by atoms with van der Waals surface area (Å²) < 4.78 is 0.991. The number of benzene rings is 1. The fourth-order valence-electron chi connectivity index (χ4n) is 2.21. The van der Waals surface area contributed by atoms with E-state index >= 15 is 0 Å². The molecule has 80 valence electrons. The monoisotopic (exact) mass is 205 g/mol. The van der Waals surface area contributed by atoms with Crippen LogP contribution in [0.5, 0.6) is 0 Å². The van der Waals surface area contributed by atoms with Crippen molar-refractivity contribution in [1.82, 2.24) is 0 Å². The molecule has 3 nitrogen and oxygen atoms in total. The zero-order valence-corrected chi connectivity index (χ0v) is 9.12. The molecule has 15 heavy (non-hydrogen) atoms. The van der Waals surface area contributed by atoms with Gasteiger partial charge in [-0.05, 0) is 43.7 Å². The summed E-state index contributed by atoms with van der Waals surface area (Å²) in [6.45, 7) is 2.32. The second-order valence-corrected chi connectivity index (χ2v) is 4.07. The van der Waals surface area contributed by atoms with Gasteiger partial charge in [-0.25, -0.2) is 0 Å². The van der Waals surface area contributed by atoms with E-state index in [1.54, 1.807) is 6.07 Å². The van der Waals surface area contributed by atoms with Gasteiger partial charge >= 0.3 is 0 Å². The smallest absolute Gasteiger partial charge is 0.258 e. The van der Waals surface area contributed by atoms with Crippen molar-refractivity contribution in [2.75, 3.05) is 12.3 Å². The number of nitrogens with zero attached hydrogens (tertiary/aromatic N) is 1. The van der Waals surface area contributed by atoms with Crippen LogP contribution in [-0.4, -0.2) is 11.3 Å². The fourth-order valence-corrected chi connectivity index (χ4v) is 2.21. The predicted molar refractivity (Wildman–Crippen MR) is 61.3 cm³/mol. The van der Waals surface area contributed by atoms with Gasteiger partial charge in [-0.15, -0.1) is 0 Å². The standard InChI is InChI=1S/C12H17N2O/c1-2-14(15)10-7-9-5-3-4-6-11(9)12(13)8-10/h7-8H,2-6,13H2,1H3/q+1. The number of nitrogens with two attached hydrogens (primary N) is 1. The predicted octanol–water partition coefficient (Wildman–Crippen LogP) is 2.58. The van der Waals surface area contributed by atoms with Gasteiger partial charge in [0.15, 0.2) is 6.54 Å². The van der Waals surface area contributed by atoms with Crippen molar-refractivity contribution in [3.05, 3.63) is 28.2 Å². The Kier molecular flexibility index (Phi) is 2.71. The van der Waals surface area contributed by atoms with E-state index < -0.39 is 0 Å². The maximum Gasteiger partial charge on any atom is 0.258 e. The lowest BCUT2D eigenvalue weighted by Crippen LogP contribution is -2.08. The zero-order chi connectivity index (χ0) is 10.8. The highest BCUT2D eigenvalue weighted by molar-refractivity contribution is 5.58. The Morgan fingerprint density at radius 1 is 1.33 bits per heavy atom. The van der Waals surface area contributed by atoms with E-state index in [4.69, 9.17) is 5.73 Å². The third-order valence-electron chi connectivity index (χ3n) is 3.06. The van der Waals surface area contributed by atoms with Crippen molar-refractivity contribution in [2.45, 2.75) is 32.6 Å². The van der Waals surface area contributed by atoms with E-state index in [2.05, 4.69) is 0 Å². The Morgan fingerprint density at radius 3 is 2.80 bits per heavy atom. The summed E-state index contributed by atoms with van der Waals surface area (Å²) in [5.41, 5.74) is 9.99. The molecule has 0 radical (unpaired) electrons. The minimum Gasteiger partial charge on any atom is -0.398 e. The molecular formula is C12H17N2O+. The summed E-state index contributed by atoms with van der Waals surface area (Å²) >= 11 is 0. The van der Waals surface area contributed by atoms with Crippen molar-refractivity contribution in [3.8, 4) is 0 Å². The van der Waals surface area contributed by atoms with Gasteiger partial charge in [-0.3, -0.25) is 0 Å². The van der Waals surface area contributed by atoms with E-state index in [9.17, 15) is 4.91 Å². The first-order valence-corrected chi connectivity index (χ1v) is 5.58. The van der Waals surface area contributed by atoms with Gasteiger partial charge in [0.2, 0.25) is 0 Å². The summed E-state index contributed by atoms with van der Waals surface area (Å²) in [7, 11) is 0. The van der Waals surface area contributed by atoms with E-state index in [1.165, 1.54) is 24.0 Å². The molecule has 1 aromatic carbocycles. The van der Waals surface area contributed by atoms with Crippen molar-refractivity contribution >= 4 is 11.4 Å². The van der Waals surface area contributed by atoms with Crippen LogP contribution in [0, 0.1) is 4.91 Å². The van der Waals surface area contributed by atoms with Crippen LogP contribution >= 0.6 is 0 Å². The number of anilines is 1. The van der Waals surface area contributed by atoms with Gasteiger partial charge in [0, 0.05) is 27.5 Å². The third kappa shape index (κ3) is 1.87. The van der Waals surface area contributed by atoms with Crippen LogP contribution in [0.2, 0.25) is 0 Å². The maximum atomic E-state index is 11.5. The van der Waals surface area contributed by atoms with Gasteiger partial charge in [-0.2, -0.15) is 0 Å². The summed E-state index contributed by atoms with van der Waals surface area (Å²) in [6.07, 6.45) is 4.55. The summed E-state index contributed by atoms with van der Waals surface area (Å²) in [6, 6.07) is 3.81. The summed E-state index contributed by atoms with van der Waals surface area (Å²) in [4.78, 5) is 11.5. The average molecular weight is 205 g/mol. The van der Waals surface area contributed by atoms with Crippen LogP contribution in [-0.2, 0) is 12.8 Å². The second-order valence-electron chi connectivity index (χ2n) is 4.07. The number of nitroso groups, excluding NO2 is 1. The van der Waals surface area contributed by atoms with Gasteiger partial charge in [-0.1, -0.05) is 0 Å². The van der Waals surface area contributed by atoms with Crippen molar-refractivity contribution < 1.29 is 4.76 Å². The Morgan fingerprint density at radius 2 is 2.07 bits per heavy atom. The molecular weight excluding hydrogens is 188 g/mol. The second kappa shape index (κ2) is 4.01. The highest BCUT2D eigenvalue weighted by Gasteiger charge is 2.18. The molecule has 0 saturated heterocycles. The minimum absolute atomic E-state index is 0.470. The molecule has 0 atom stereocenters. The molecule has 1 aromatic rings. The fraction of sp³-hybridized carbons (Fsp3) is 0.500. The largest absolute Gasteiger partial charge is 0.398 e. The molecule has 2 N–H and O–H groups in total. The van der Waals surface area contributed by atoms with E-state index in [0.29, 0.717) is 12.2 Å². The summed E-state index contributed by atoms with van der Waals surface area (Å²) in [5, 5.41) is 0. The Hall–Kier alpha value is -1.38. The number of hydrogen-bond donors (Lipinski definition) is 1. The molecule has 2 rings (SSSR count). The molecule has 0 unspecified atom stereocenters. The lowest BCUT2D eigenvalue weighted by molar-refractivity contribution is -0.458. The van der Waals surface area contributed by atoms with Crippen LogP contribution in [0.25, 0.3) is 0 Å². The Bertz CT molecular complexity index is 399. The number of aryl methyl sites for hydroxylation is 1. The number of nitrogen functional groups attached to an aromatic ring is 1. The first kappa shape index (κ1) is 10.1. The van der Waals surface area contributed by atoms with Crippen molar-refractivity contribution in [3.63, 3.8) is 0 Å². The third-order valence-corrected chi connectivity index (χ3v) is 3.06.